The van der Waals surface area contributed by atoms with Crippen molar-refractivity contribution >= 4 is 0 Å². The highest BCUT2D eigenvalue weighted by molar-refractivity contribution is 5.13. The van der Waals surface area contributed by atoms with Crippen LogP contribution >= 0.6 is 0 Å². The topological polar surface area (TPSA) is 55.3 Å². The Bertz CT molecular complexity index is 538. The van der Waals surface area contributed by atoms with Crippen molar-refractivity contribution in [2.75, 3.05) is 13.6 Å². The van der Waals surface area contributed by atoms with Gasteiger partial charge in [0.2, 0.25) is 0 Å². The Balaban J connectivity index is 2.06. The molecular formula is C17H25N3O. The maximum atomic E-state index is 6.32. The Hall–Kier alpha value is -1.65. The normalized spacial score (nSPS) is 14.3. The monoisotopic (exact) mass is 287 g/mol. The van der Waals surface area contributed by atoms with Gasteiger partial charge in [-0.2, -0.15) is 0 Å². The van der Waals surface area contributed by atoms with Crippen LogP contribution in [0.4, 0.5) is 0 Å². The molecule has 0 fully saturated rings. The fraction of sp³-hybridized carbons (Fsp3) is 0.471. The number of nitrogens with two attached hydrogens (primary N) is 1. The lowest BCUT2D eigenvalue weighted by Crippen LogP contribution is -2.39. The first-order chi connectivity index (χ1) is 10.1. The van der Waals surface area contributed by atoms with Crippen molar-refractivity contribution in [2.24, 2.45) is 5.73 Å². The smallest absolute Gasteiger partial charge is 0.122 e. The largest absolute Gasteiger partial charge is 0.465 e. The van der Waals surface area contributed by atoms with Crippen molar-refractivity contribution in [1.82, 2.24) is 9.88 Å². The van der Waals surface area contributed by atoms with Crippen molar-refractivity contribution in [2.45, 2.75) is 38.8 Å². The average Bonchev–Trinajstić information content (AvgIpc) is 2.92. The molecule has 2 atom stereocenters. The van der Waals surface area contributed by atoms with Gasteiger partial charge in [-0.1, -0.05) is 6.92 Å². The van der Waals surface area contributed by atoms with Crippen LogP contribution in [0, 0.1) is 6.92 Å². The SMILES string of the molecule is CCC(N)C(c1ccc(C)o1)N(C)CCc1ccncc1. The molecule has 0 aromatic carbocycles. The quantitative estimate of drug-likeness (QED) is 0.850. The summed E-state index contributed by atoms with van der Waals surface area (Å²) in [7, 11) is 2.11. The van der Waals surface area contributed by atoms with E-state index in [4.69, 9.17) is 10.2 Å². The molecule has 0 saturated carbocycles. The highest BCUT2D eigenvalue weighted by Gasteiger charge is 2.25. The van der Waals surface area contributed by atoms with Crippen LogP contribution in [0.1, 0.15) is 36.5 Å². The third-order valence-corrected chi connectivity index (χ3v) is 3.91. The van der Waals surface area contributed by atoms with Gasteiger partial charge in [0.05, 0.1) is 6.04 Å². The molecule has 2 unspecified atom stereocenters. The van der Waals surface area contributed by atoms with Crippen molar-refractivity contribution in [3.8, 4) is 0 Å². The second-order valence-corrected chi connectivity index (χ2v) is 5.55. The van der Waals surface area contributed by atoms with Crippen LogP contribution in [-0.2, 0) is 6.42 Å². The molecule has 0 radical (unpaired) electrons. The van der Waals surface area contributed by atoms with Crippen LogP contribution in [0.2, 0.25) is 0 Å². The number of furan rings is 1. The van der Waals surface area contributed by atoms with Gasteiger partial charge in [0.25, 0.3) is 0 Å². The van der Waals surface area contributed by atoms with E-state index < -0.39 is 0 Å². The Morgan fingerprint density at radius 1 is 1.24 bits per heavy atom. The summed E-state index contributed by atoms with van der Waals surface area (Å²) in [5.74, 6) is 1.89. The van der Waals surface area contributed by atoms with Crippen LogP contribution < -0.4 is 5.73 Å². The van der Waals surface area contributed by atoms with E-state index in [0.717, 1.165) is 30.9 Å². The summed E-state index contributed by atoms with van der Waals surface area (Å²) < 4.78 is 5.81. The molecule has 0 aliphatic heterocycles. The van der Waals surface area contributed by atoms with E-state index in [1.54, 1.807) is 0 Å². The maximum absolute atomic E-state index is 6.32. The first-order valence-corrected chi connectivity index (χ1v) is 7.53. The van der Waals surface area contributed by atoms with Crippen molar-refractivity contribution in [3.63, 3.8) is 0 Å². The number of hydrogen-bond acceptors (Lipinski definition) is 4. The molecule has 0 bridgehead atoms. The van der Waals surface area contributed by atoms with Gasteiger partial charge in [0, 0.05) is 25.0 Å². The van der Waals surface area contributed by atoms with Gasteiger partial charge < -0.3 is 10.2 Å². The second-order valence-electron chi connectivity index (χ2n) is 5.55. The second kappa shape index (κ2) is 7.38. The molecule has 2 heterocycles. The zero-order chi connectivity index (χ0) is 15.2. The predicted octanol–water partition coefficient (Wildman–Crippen LogP) is 2.94. The van der Waals surface area contributed by atoms with E-state index in [-0.39, 0.29) is 12.1 Å². The molecule has 0 spiro atoms. The lowest BCUT2D eigenvalue weighted by atomic mass is 10.0. The molecule has 114 valence electrons. The molecule has 0 aliphatic carbocycles. The molecule has 0 aliphatic rings. The van der Waals surface area contributed by atoms with Gasteiger partial charge >= 0.3 is 0 Å². The molecule has 2 aromatic rings. The number of hydrogen-bond donors (Lipinski definition) is 1. The summed E-state index contributed by atoms with van der Waals surface area (Å²) in [6, 6.07) is 8.34. The van der Waals surface area contributed by atoms with E-state index in [9.17, 15) is 0 Å². The third kappa shape index (κ3) is 4.16. The molecule has 0 saturated heterocycles. The van der Waals surface area contributed by atoms with Gasteiger partial charge in [-0.25, -0.2) is 0 Å². The van der Waals surface area contributed by atoms with E-state index >= 15 is 0 Å². The van der Waals surface area contributed by atoms with E-state index in [0.29, 0.717) is 0 Å². The number of nitrogens with zero attached hydrogens (tertiary/aromatic N) is 2. The standard InChI is InChI=1S/C17H25N3O/c1-4-15(18)17(16-6-5-13(2)21-16)20(3)12-9-14-7-10-19-11-8-14/h5-8,10-11,15,17H,4,9,12,18H2,1-3H3. The molecule has 2 rings (SSSR count). The lowest BCUT2D eigenvalue weighted by molar-refractivity contribution is 0.183. The molecule has 2 N–H and O–H groups in total. The minimum absolute atomic E-state index is 0.0676. The zero-order valence-electron chi connectivity index (χ0n) is 13.1. The van der Waals surface area contributed by atoms with E-state index in [1.807, 2.05) is 31.5 Å². The lowest BCUT2D eigenvalue weighted by Gasteiger charge is -2.30. The first-order valence-electron chi connectivity index (χ1n) is 7.53. The van der Waals surface area contributed by atoms with Gasteiger partial charge in [0.1, 0.15) is 11.5 Å². The number of pyridine rings is 1. The predicted molar refractivity (Wildman–Crippen MR) is 85.0 cm³/mol. The fourth-order valence-corrected chi connectivity index (χ4v) is 2.58. The number of aryl methyl sites for hydroxylation is 1. The molecule has 4 heteroatoms. The Morgan fingerprint density at radius 2 is 1.95 bits per heavy atom. The Morgan fingerprint density at radius 3 is 2.52 bits per heavy atom. The van der Waals surface area contributed by atoms with Crippen molar-refractivity contribution in [3.05, 3.63) is 53.7 Å². The molecule has 21 heavy (non-hydrogen) atoms. The first kappa shape index (κ1) is 15.7. The number of likely N-dealkylation sites (N-methyl/N-ethyl adjacent to an activating group) is 1. The zero-order valence-corrected chi connectivity index (χ0v) is 13.1. The van der Waals surface area contributed by atoms with E-state index in [2.05, 4.69) is 36.0 Å². The molecule has 0 amide bonds. The summed E-state index contributed by atoms with van der Waals surface area (Å²) in [5, 5.41) is 0. The Labute approximate surface area is 127 Å². The fourth-order valence-electron chi connectivity index (χ4n) is 2.58. The molecule has 4 nitrogen and oxygen atoms in total. The third-order valence-electron chi connectivity index (χ3n) is 3.91. The van der Waals surface area contributed by atoms with Crippen LogP contribution in [0.25, 0.3) is 0 Å². The number of aromatic nitrogens is 1. The van der Waals surface area contributed by atoms with Crippen molar-refractivity contribution < 1.29 is 4.42 Å². The van der Waals surface area contributed by atoms with Crippen LogP contribution in [0.5, 0.6) is 0 Å². The summed E-state index contributed by atoms with van der Waals surface area (Å²) >= 11 is 0. The highest BCUT2D eigenvalue weighted by atomic mass is 16.3. The maximum Gasteiger partial charge on any atom is 0.122 e. The minimum atomic E-state index is 0.0676. The highest BCUT2D eigenvalue weighted by Crippen LogP contribution is 2.25. The van der Waals surface area contributed by atoms with Gasteiger partial charge in [-0.15, -0.1) is 0 Å². The Kier molecular flexibility index (Phi) is 5.53. The van der Waals surface area contributed by atoms with Gasteiger partial charge in [0.15, 0.2) is 0 Å². The van der Waals surface area contributed by atoms with Crippen LogP contribution in [0.3, 0.4) is 0 Å². The average molecular weight is 287 g/mol. The van der Waals surface area contributed by atoms with Gasteiger partial charge in [-0.05, 0) is 56.6 Å². The molecule has 2 aromatic heterocycles. The van der Waals surface area contributed by atoms with Gasteiger partial charge in [-0.3, -0.25) is 9.88 Å². The summed E-state index contributed by atoms with van der Waals surface area (Å²) in [5.41, 5.74) is 7.60. The summed E-state index contributed by atoms with van der Waals surface area (Å²) in [4.78, 5) is 6.34. The van der Waals surface area contributed by atoms with E-state index in [1.165, 1.54) is 5.56 Å². The van der Waals surface area contributed by atoms with Crippen LogP contribution in [-0.4, -0.2) is 29.5 Å². The minimum Gasteiger partial charge on any atom is -0.465 e. The molecular weight excluding hydrogens is 262 g/mol. The summed E-state index contributed by atoms with van der Waals surface area (Å²) in [6.45, 7) is 5.02. The summed E-state index contributed by atoms with van der Waals surface area (Å²) in [6.07, 6.45) is 5.57. The van der Waals surface area contributed by atoms with Crippen LogP contribution in [0.15, 0.2) is 41.1 Å². The van der Waals surface area contributed by atoms with Crippen molar-refractivity contribution in [1.29, 1.82) is 0 Å². The number of rotatable bonds is 7.